The number of rotatable bonds is 4. The number of hydrogen-bond donors (Lipinski definition) is 1. The molecule has 1 saturated carbocycles. The number of aromatic nitrogens is 2. The fourth-order valence-electron chi connectivity index (χ4n) is 2.95. The van der Waals surface area contributed by atoms with Crippen molar-refractivity contribution in [1.82, 2.24) is 15.3 Å². The highest BCUT2D eigenvalue weighted by Gasteiger charge is 2.25. The standard InChI is InChI=1S/C18H20ClN5O/c19-13-2-1-3-15(12-13)23-8-10-24(11-9-23)18-20-7-6-16(22-18)17(25)21-14-4-5-14/h1-3,6-7,12,14H,4-5,8-11H2,(H,21,25). The second-order valence-electron chi connectivity index (χ2n) is 6.44. The predicted molar refractivity (Wildman–Crippen MR) is 98.4 cm³/mol. The molecule has 25 heavy (non-hydrogen) atoms. The Balaban J connectivity index is 1.41. The van der Waals surface area contributed by atoms with Crippen molar-refractivity contribution in [2.24, 2.45) is 0 Å². The minimum atomic E-state index is -0.108. The summed E-state index contributed by atoms with van der Waals surface area (Å²) in [6.07, 6.45) is 3.79. The van der Waals surface area contributed by atoms with Gasteiger partial charge in [-0.3, -0.25) is 4.79 Å². The van der Waals surface area contributed by atoms with Crippen LogP contribution in [-0.2, 0) is 0 Å². The van der Waals surface area contributed by atoms with E-state index >= 15 is 0 Å². The average molecular weight is 358 g/mol. The zero-order chi connectivity index (χ0) is 17.2. The summed E-state index contributed by atoms with van der Waals surface area (Å²) in [7, 11) is 0. The lowest BCUT2D eigenvalue weighted by Crippen LogP contribution is -2.47. The van der Waals surface area contributed by atoms with Gasteiger partial charge in [0, 0.05) is 49.1 Å². The van der Waals surface area contributed by atoms with Gasteiger partial charge >= 0.3 is 0 Å². The Morgan fingerprint density at radius 2 is 1.88 bits per heavy atom. The van der Waals surface area contributed by atoms with E-state index in [0.29, 0.717) is 17.7 Å². The molecule has 0 unspecified atom stereocenters. The number of carbonyl (C=O) groups is 1. The zero-order valence-electron chi connectivity index (χ0n) is 13.9. The first kappa shape index (κ1) is 16.1. The number of hydrogen-bond acceptors (Lipinski definition) is 5. The lowest BCUT2D eigenvalue weighted by Gasteiger charge is -2.36. The summed E-state index contributed by atoms with van der Waals surface area (Å²) in [5.74, 6) is 0.512. The quantitative estimate of drug-likeness (QED) is 0.910. The van der Waals surface area contributed by atoms with Gasteiger partial charge in [0.1, 0.15) is 5.69 Å². The van der Waals surface area contributed by atoms with Gasteiger partial charge in [0.05, 0.1) is 0 Å². The third-order valence-electron chi connectivity index (χ3n) is 4.52. The lowest BCUT2D eigenvalue weighted by atomic mass is 10.2. The van der Waals surface area contributed by atoms with Crippen molar-refractivity contribution in [3.05, 3.63) is 47.2 Å². The van der Waals surface area contributed by atoms with Crippen LogP contribution < -0.4 is 15.1 Å². The molecule has 1 aromatic carbocycles. The molecule has 2 aliphatic rings. The lowest BCUT2D eigenvalue weighted by molar-refractivity contribution is 0.0946. The Morgan fingerprint density at radius 1 is 1.12 bits per heavy atom. The molecule has 6 nitrogen and oxygen atoms in total. The number of carbonyl (C=O) groups excluding carboxylic acids is 1. The Morgan fingerprint density at radius 3 is 2.60 bits per heavy atom. The molecule has 0 radical (unpaired) electrons. The van der Waals surface area contributed by atoms with Gasteiger partial charge in [-0.05, 0) is 37.1 Å². The summed E-state index contributed by atoms with van der Waals surface area (Å²) in [6.45, 7) is 3.34. The molecule has 1 aromatic heterocycles. The zero-order valence-corrected chi connectivity index (χ0v) is 14.6. The highest BCUT2D eigenvalue weighted by atomic mass is 35.5. The smallest absolute Gasteiger partial charge is 0.270 e. The van der Waals surface area contributed by atoms with Crippen LogP contribution in [-0.4, -0.2) is 48.1 Å². The van der Waals surface area contributed by atoms with Crippen molar-refractivity contribution in [3.8, 4) is 0 Å². The van der Waals surface area contributed by atoms with E-state index in [1.54, 1.807) is 12.3 Å². The third kappa shape index (κ3) is 3.85. The number of nitrogens with one attached hydrogen (secondary N) is 1. The minimum absolute atomic E-state index is 0.108. The highest BCUT2D eigenvalue weighted by molar-refractivity contribution is 6.30. The van der Waals surface area contributed by atoms with Crippen LogP contribution in [0.15, 0.2) is 36.5 Å². The van der Waals surface area contributed by atoms with E-state index in [4.69, 9.17) is 11.6 Å². The number of halogens is 1. The summed E-state index contributed by atoms with van der Waals surface area (Å²) in [5.41, 5.74) is 1.57. The normalized spacial score (nSPS) is 17.5. The monoisotopic (exact) mass is 357 g/mol. The molecule has 0 spiro atoms. The Kier molecular flexibility index (Phi) is 4.44. The van der Waals surface area contributed by atoms with E-state index in [0.717, 1.165) is 49.7 Å². The summed E-state index contributed by atoms with van der Waals surface area (Å²) in [6, 6.07) is 9.90. The van der Waals surface area contributed by atoms with Crippen molar-refractivity contribution in [2.45, 2.75) is 18.9 Å². The molecule has 130 valence electrons. The Labute approximate surface area is 151 Å². The molecule has 0 atom stereocenters. The molecule has 1 amide bonds. The molecule has 1 aliphatic heterocycles. The summed E-state index contributed by atoms with van der Waals surface area (Å²) >= 11 is 6.08. The van der Waals surface area contributed by atoms with E-state index in [9.17, 15) is 4.79 Å². The van der Waals surface area contributed by atoms with Crippen LogP contribution in [0.5, 0.6) is 0 Å². The van der Waals surface area contributed by atoms with Crippen LogP contribution in [0.1, 0.15) is 23.3 Å². The van der Waals surface area contributed by atoms with Gasteiger partial charge in [-0.25, -0.2) is 9.97 Å². The molecule has 7 heteroatoms. The van der Waals surface area contributed by atoms with Gasteiger partial charge in [-0.1, -0.05) is 17.7 Å². The summed E-state index contributed by atoms with van der Waals surface area (Å²) < 4.78 is 0. The van der Waals surface area contributed by atoms with Gasteiger partial charge in [0.2, 0.25) is 5.95 Å². The molecule has 2 fully saturated rings. The van der Waals surface area contributed by atoms with E-state index in [2.05, 4.69) is 31.2 Å². The van der Waals surface area contributed by atoms with Crippen LogP contribution in [0, 0.1) is 0 Å². The van der Waals surface area contributed by atoms with Gasteiger partial charge in [0.15, 0.2) is 0 Å². The predicted octanol–water partition coefficient (Wildman–Crippen LogP) is 2.35. The van der Waals surface area contributed by atoms with Crippen molar-refractivity contribution in [1.29, 1.82) is 0 Å². The third-order valence-corrected chi connectivity index (χ3v) is 4.76. The molecule has 2 aromatic rings. The maximum atomic E-state index is 12.2. The van der Waals surface area contributed by atoms with Gasteiger partial charge in [-0.15, -0.1) is 0 Å². The van der Waals surface area contributed by atoms with Crippen molar-refractivity contribution < 1.29 is 4.79 Å². The van der Waals surface area contributed by atoms with Gasteiger partial charge < -0.3 is 15.1 Å². The summed E-state index contributed by atoms with van der Waals surface area (Å²) in [5, 5.41) is 3.71. The fraction of sp³-hybridized carbons (Fsp3) is 0.389. The van der Waals surface area contributed by atoms with Gasteiger partial charge in [0.25, 0.3) is 5.91 Å². The van der Waals surface area contributed by atoms with E-state index in [1.165, 1.54) is 0 Å². The molecular formula is C18H20ClN5O. The second kappa shape index (κ2) is 6.88. The summed E-state index contributed by atoms with van der Waals surface area (Å²) in [4.78, 5) is 25.4. The molecule has 4 rings (SSSR count). The van der Waals surface area contributed by atoms with E-state index in [1.807, 2.05) is 18.2 Å². The number of anilines is 2. The van der Waals surface area contributed by atoms with Crippen molar-refractivity contribution in [2.75, 3.05) is 36.0 Å². The minimum Gasteiger partial charge on any atom is -0.368 e. The van der Waals surface area contributed by atoms with Crippen LogP contribution in [0.2, 0.25) is 5.02 Å². The maximum Gasteiger partial charge on any atom is 0.270 e. The molecule has 0 bridgehead atoms. The van der Waals surface area contributed by atoms with Crippen LogP contribution in [0.3, 0.4) is 0 Å². The molecular weight excluding hydrogens is 338 g/mol. The first-order valence-electron chi connectivity index (χ1n) is 8.58. The van der Waals surface area contributed by atoms with E-state index in [-0.39, 0.29) is 5.91 Å². The highest BCUT2D eigenvalue weighted by Crippen LogP contribution is 2.22. The Hall–Kier alpha value is -2.34. The van der Waals surface area contributed by atoms with Crippen LogP contribution in [0.4, 0.5) is 11.6 Å². The number of nitrogens with zero attached hydrogens (tertiary/aromatic N) is 4. The van der Waals surface area contributed by atoms with Crippen molar-refractivity contribution in [3.63, 3.8) is 0 Å². The number of piperazine rings is 1. The number of amides is 1. The van der Waals surface area contributed by atoms with E-state index < -0.39 is 0 Å². The molecule has 2 heterocycles. The average Bonchev–Trinajstić information content (AvgIpc) is 3.46. The molecule has 1 aliphatic carbocycles. The Bertz CT molecular complexity index is 772. The maximum absolute atomic E-state index is 12.2. The van der Waals surface area contributed by atoms with Crippen molar-refractivity contribution >= 4 is 29.1 Å². The first-order valence-corrected chi connectivity index (χ1v) is 8.96. The topological polar surface area (TPSA) is 61.4 Å². The first-order chi connectivity index (χ1) is 12.2. The fourth-order valence-corrected chi connectivity index (χ4v) is 3.14. The SMILES string of the molecule is O=C(NC1CC1)c1ccnc(N2CCN(c3cccc(Cl)c3)CC2)n1. The van der Waals surface area contributed by atoms with Crippen LogP contribution in [0.25, 0.3) is 0 Å². The largest absolute Gasteiger partial charge is 0.368 e. The molecule has 1 N–H and O–H groups in total. The second-order valence-corrected chi connectivity index (χ2v) is 6.88. The van der Waals surface area contributed by atoms with Crippen LogP contribution >= 0.6 is 11.6 Å². The molecule has 1 saturated heterocycles. The number of benzene rings is 1. The van der Waals surface area contributed by atoms with Gasteiger partial charge in [-0.2, -0.15) is 0 Å².